The molecule has 0 radical (unpaired) electrons. The average Bonchev–Trinajstić information content (AvgIpc) is 2.43. The first kappa shape index (κ1) is 24.4. The third-order valence-electron chi connectivity index (χ3n) is 4.15. The minimum atomic E-state index is -0.827. The van der Waals surface area contributed by atoms with Gasteiger partial charge < -0.3 is 9.90 Å². The van der Waals surface area contributed by atoms with E-state index in [0.717, 1.165) is 25.7 Å². The van der Waals surface area contributed by atoms with Crippen LogP contribution in [0.25, 0.3) is 0 Å². The number of rotatable bonds is 15. The summed E-state index contributed by atoms with van der Waals surface area (Å²) in [5, 5.41) is 11.1. The Morgan fingerprint density at radius 2 is 1.05 bits per heavy atom. The fourth-order valence-electron chi connectivity index (χ4n) is 2.72. The van der Waals surface area contributed by atoms with Crippen molar-refractivity contribution in [3.63, 3.8) is 0 Å². The van der Waals surface area contributed by atoms with Gasteiger partial charge in [-0.2, -0.15) is 0 Å². The van der Waals surface area contributed by atoms with Crippen LogP contribution in [0.15, 0.2) is 0 Å². The molecule has 0 saturated heterocycles. The second-order valence-electron chi connectivity index (χ2n) is 6.13. The second-order valence-corrected chi connectivity index (χ2v) is 6.13. The quantitative estimate of drug-likeness (QED) is 0.341. The van der Waals surface area contributed by atoms with Crippen LogP contribution in [-0.4, -0.2) is 5.97 Å². The van der Waals surface area contributed by atoms with Crippen LogP contribution < -0.4 is 56.5 Å². The average molecular weight is 323 g/mol. The summed E-state index contributed by atoms with van der Waals surface area (Å²) < 4.78 is 0. The summed E-state index contributed by atoms with van der Waals surface area (Å²) in [6.45, 7) is 4.43. The Morgan fingerprint density at radius 1 is 0.714 bits per heavy atom. The van der Waals surface area contributed by atoms with Crippen LogP contribution in [-0.2, 0) is 4.79 Å². The van der Waals surface area contributed by atoms with Crippen molar-refractivity contribution in [2.24, 2.45) is 5.92 Å². The monoisotopic (exact) mass is 322 g/mol. The van der Waals surface area contributed by atoms with Crippen LogP contribution in [0.5, 0.6) is 0 Å². The Kier molecular flexibility index (Phi) is 22.2. The zero-order valence-corrected chi connectivity index (χ0v) is 17.9. The molecule has 21 heavy (non-hydrogen) atoms. The molecule has 0 atom stereocenters. The predicted molar refractivity (Wildman–Crippen MR) is 84.5 cm³/mol. The first-order valence-corrected chi connectivity index (χ1v) is 8.93. The van der Waals surface area contributed by atoms with Crippen molar-refractivity contribution in [3.8, 4) is 0 Å². The number of carboxylic acids is 1. The van der Waals surface area contributed by atoms with Crippen molar-refractivity contribution in [3.05, 3.63) is 0 Å². The maximum Gasteiger partial charge on any atom is 1.00 e. The molecule has 0 heterocycles. The van der Waals surface area contributed by atoms with Gasteiger partial charge in [-0.3, -0.25) is 0 Å². The van der Waals surface area contributed by atoms with E-state index in [2.05, 4.69) is 13.8 Å². The Morgan fingerprint density at radius 3 is 1.38 bits per heavy atom. The molecule has 0 bridgehead atoms. The molecule has 0 rings (SSSR count). The van der Waals surface area contributed by atoms with Gasteiger partial charge in [-0.15, -0.1) is 0 Å². The molecule has 0 unspecified atom stereocenters. The van der Waals surface area contributed by atoms with Crippen molar-refractivity contribution >= 4 is 5.97 Å². The normalized spacial score (nSPS) is 10.6. The second kappa shape index (κ2) is 19.2. The minimum absolute atomic E-state index is 0. The largest absolute Gasteiger partial charge is 1.00 e. The van der Waals surface area contributed by atoms with Gasteiger partial charge in [0.2, 0.25) is 0 Å². The van der Waals surface area contributed by atoms with Gasteiger partial charge in [0.05, 0.1) is 0 Å². The maximum atomic E-state index is 11.1. The van der Waals surface area contributed by atoms with Gasteiger partial charge in [-0.25, -0.2) is 0 Å². The van der Waals surface area contributed by atoms with Gasteiger partial charge in [0.25, 0.3) is 0 Å². The van der Waals surface area contributed by atoms with E-state index < -0.39 is 5.97 Å². The Hall–Kier alpha value is 1.11. The van der Waals surface area contributed by atoms with E-state index in [0.29, 0.717) is 0 Å². The van der Waals surface area contributed by atoms with Gasteiger partial charge in [0.15, 0.2) is 0 Å². The first-order valence-electron chi connectivity index (χ1n) is 8.93. The molecular weight excluding hydrogens is 287 g/mol. The molecule has 0 aliphatic carbocycles. The van der Waals surface area contributed by atoms with Gasteiger partial charge in [0.1, 0.15) is 0 Å². The third-order valence-corrected chi connectivity index (χ3v) is 4.15. The molecular formula is C18H35KO2. The Balaban J connectivity index is 0. The summed E-state index contributed by atoms with van der Waals surface area (Å²) in [7, 11) is 0. The molecule has 0 aliphatic rings. The smallest absolute Gasteiger partial charge is 0.550 e. The molecule has 0 saturated carbocycles. The number of hydrogen-bond donors (Lipinski definition) is 0. The summed E-state index contributed by atoms with van der Waals surface area (Å²) in [6.07, 6.45) is 16.4. The van der Waals surface area contributed by atoms with Gasteiger partial charge in [-0.05, 0) is 18.8 Å². The molecule has 0 N–H and O–H groups in total. The summed E-state index contributed by atoms with van der Waals surface area (Å²) in [4.78, 5) is 11.1. The summed E-state index contributed by atoms with van der Waals surface area (Å²) in [6, 6.07) is 0. The molecule has 3 heteroatoms. The van der Waals surface area contributed by atoms with E-state index in [4.69, 9.17) is 0 Å². The number of carbonyl (C=O) groups is 1. The van der Waals surface area contributed by atoms with Crippen LogP contribution in [0, 0.1) is 5.92 Å². The Bertz CT molecular complexity index is 203. The predicted octanol–water partition coefficient (Wildman–Crippen LogP) is 1.86. The van der Waals surface area contributed by atoms with Crippen molar-refractivity contribution in [1.29, 1.82) is 0 Å². The van der Waals surface area contributed by atoms with Crippen LogP contribution >= 0.6 is 0 Å². The number of unbranched alkanes of at least 4 members (excludes halogenated alkanes) is 10. The van der Waals surface area contributed by atoms with Crippen molar-refractivity contribution in [2.75, 3.05) is 0 Å². The summed E-state index contributed by atoms with van der Waals surface area (Å²) >= 11 is 0. The van der Waals surface area contributed by atoms with E-state index in [1.165, 1.54) is 64.2 Å². The molecule has 2 nitrogen and oxygen atoms in total. The van der Waals surface area contributed by atoms with E-state index in [-0.39, 0.29) is 57.3 Å². The molecule has 0 aromatic carbocycles. The third kappa shape index (κ3) is 17.3. The van der Waals surface area contributed by atoms with Crippen molar-refractivity contribution in [1.82, 2.24) is 0 Å². The van der Waals surface area contributed by atoms with Crippen LogP contribution in [0.1, 0.15) is 104 Å². The molecule has 0 fully saturated rings. The standard InChI is InChI=1S/C18H36O2.K/c1-3-5-7-9-11-13-15-17(18(19)20)16-14-12-10-8-6-4-2;/h17H,3-16H2,1-2H3,(H,19,20);/q;+1/p-1. The van der Waals surface area contributed by atoms with E-state index in [1.807, 2.05) is 0 Å². The number of carboxylic acid groups (broad SMARTS) is 1. The van der Waals surface area contributed by atoms with Crippen LogP contribution in [0.3, 0.4) is 0 Å². The molecule has 0 spiro atoms. The number of hydrogen-bond acceptors (Lipinski definition) is 2. The van der Waals surface area contributed by atoms with Gasteiger partial charge >= 0.3 is 51.4 Å². The van der Waals surface area contributed by atoms with E-state index in [1.54, 1.807) is 0 Å². The molecule has 120 valence electrons. The zero-order valence-electron chi connectivity index (χ0n) is 14.8. The Labute approximate surface area is 175 Å². The minimum Gasteiger partial charge on any atom is -0.550 e. The van der Waals surface area contributed by atoms with Gasteiger partial charge in [-0.1, -0.05) is 90.9 Å². The molecule has 0 amide bonds. The SMILES string of the molecule is CCCCCCCCC(CCCCCCCC)C(=O)[O-].[K+]. The van der Waals surface area contributed by atoms with Crippen LogP contribution in [0.4, 0.5) is 0 Å². The fraction of sp³-hybridized carbons (Fsp3) is 0.944. The molecule has 0 aliphatic heterocycles. The van der Waals surface area contributed by atoms with E-state index >= 15 is 0 Å². The van der Waals surface area contributed by atoms with Gasteiger partial charge in [0, 0.05) is 5.97 Å². The van der Waals surface area contributed by atoms with Crippen LogP contribution in [0.2, 0.25) is 0 Å². The van der Waals surface area contributed by atoms with E-state index in [9.17, 15) is 9.90 Å². The summed E-state index contributed by atoms with van der Waals surface area (Å²) in [5.41, 5.74) is 0. The molecule has 0 aromatic rings. The maximum absolute atomic E-state index is 11.1. The first-order chi connectivity index (χ1) is 9.72. The zero-order chi connectivity index (χ0) is 15.1. The summed E-state index contributed by atoms with van der Waals surface area (Å²) in [5.74, 6) is -1.03. The number of aliphatic carboxylic acids is 1. The van der Waals surface area contributed by atoms with Crippen molar-refractivity contribution < 1.29 is 61.3 Å². The van der Waals surface area contributed by atoms with Crippen molar-refractivity contribution in [2.45, 2.75) is 104 Å². The fourth-order valence-corrected chi connectivity index (χ4v) is 2.72. The molecule has 0 aromatic heterocycles. The number of carbonyl (C=O) groups excluding carboxylic acids is 1. The topological polar surface area (TPSA) is 40.1 Å².